The van der Waals surface area contributed by atoms with Crippen molar-refractivity contribution >= 4 is 5.91 Å². The zero-order valence-corrected chi connectivity index (χ0v) is 14.8. The topological polar surface area (TPSA) is 61.8 Å². The number of amides is 1. The second-order valence-electron chi connectivity index (χ2n) is 6.56. The van der Waals surface area contributed by atoms with E-state index in [9.17, 15) is 18.7 Å². The largest absolute Gasteiger partial charge is 0.389 e. The summed E-state index contributed by atoms with van der Waals surface area (Å²) in [6.07, 6.45) is -1.36. The molecule has 1 fully saturated rings. The van der Waals surface area contributed by atoms with Gasteiger partial charge in [-0.3, -0.25) is 9.69 Å². The molecule has 2 aromatic rings. The maximum atomic E-state index is 13.2. The van der Waals surface area contributed by atoms with Gasteiger partial charge in [-0.05, 0) is 35.4 Å². The summed E-state index contributed by atoms with van der Waals surface area (Å²) in [5.74, 6) is -0.787. The Kier molecular flexibility index (Phi) is 6.49. The smallest absolute Gasteiger partial charge is 0.234 e. The molecule has 1 unspecified atom stereocenters. The van der Waals surface area contributed by atoms with Gasteiger partial charge in [0.2, 0.25) is 5.91 Å². The van der Waals surface area contributed by atoms with Crippen molar-refractivity contribution in [1.29, 1.82) is 0 Å². The van der Waals surface area contributed by atoms with E-state index in [0.29, 0.717) is 30.8 Å². The number of hydrogen-bond acceptors (Lipinski definition) is 4. The standard InChI is InChI=1S/C20H22F2N2O3/c21-16-5-1-14(2-6-16)20(15-3-7-17(22)8-4-15)27-13-18(25)11-24-10-9-23-19(26)12-24/h1-8,18,20,25H,9-13H2,(H,23,26). The second-order valence-corrected chi connectivity index (χ2v) is 6.56. The highest BCUT2D eigenvalue weighted by Crippen LogP contribution is 2.26. The summed E-state index contributed by atoms with van der Waals surface area (Å²) >= 11 is 0. The van der Waals surface area contributed by atoms with Crippen molar-refractivity contribution in [2.24, 2.45) is 0 Å². The van der Waals surface area contributed by atoms with Crippen LogP contribution in [0.25, 0.3) is 0 Å². The third-order valence-electron chi connectivity index (χ3n) is 4.39. The van der Waals surface area contributed by atoms with Crippen LogP contribution >= 0.6 is 0 Å². The number of carbonyl (C=O) groups excluding carboxylic acids is 1. The van der Waals surface area contributed by atoms with Gasteiger partial charge < -0.3 is 15.2 Å². The normalized spacial score (nSPS) is 16.4. The summed E-state index contributed by atoms with van der Waals surface area (Å²) < 4.78 is 32.4. The summed E-state index contributed by atoms with van der Waals surface area (Å²) in [5, 5.41) is 13.0. The molecule has 1 aliphatic heterocycles. The lowest BCUT2D eigenvalue weighted by Gasteiger charge is -2.29. The molecular weight excluding hydrogens is 354 g/mol. The highest BCUT2D eigenvalue weighted by atomic mass is 19.1. The second kappa shape index (κ2) is 9.03. The van der Waals surface area contributed by atoms with Crippen LogP contribution in [0.2, 0.25) is 0 Å². The lowest BCUT2D eigenvalue weighted by molar-refractivity contribution is -0.124. The molecule has 3 rings (SSSR count). The zero-order chi connectivity index (χ0) is 19.2. The van der Waals surface area contributed by atoms with Gasteiger partial charge in [0.15, 0.2) is 0 Å². The van der Waals surface area contributed by atoms with Gasteiger partial charge in [-0.2, -0.15) is 0 Å². The van der Waals surface area contributed by atoms with Crippen LogP contribution in [0.3, 0.4) is 0 Å². The van der Waals surface area contributed by atoms with Crippen molar-refractivity contribution in [3.05, 3.63) is 71.3 Å². The average Bonchev–Trinajstić information content (AvgIpc) is 2.64. The zero-order valence-electron chi connectivity index (χ0n) is 14.8. The summed E-state index contributed by atoms with van der Waals surface area (Å²) in [5.41, 5.74) is 1.40. The van der Waals surface area contributed by atoms with Gasteiger partial charge >= 0.3 is 0 Å². The molecule has 7 heteroatoms. The van der Waals surface area contributed by atoms with Crippen molar-refractivity contribution < 1.29 is 23.4 Å². The van der Waals surface area contributed by atoms with E-state index in [1.54, 1.807) is 24.3 Å². The molecule has 144 valence electrons. The molecule has 1 aliphatic rings. The highest BCUT2D eigenvalue weighted by molar-refractivity contribution is 5.78. The van der Waals surface area contributed by atoms with Crippen LogP contribution in [-0.2, 0) is 9.53 Å². The van der Waals surface area contributed by atoms with E-state index >= 15 is 0 Å². The van der Waals surface area contributed by atoms with E-state index in [-0.39, 0.29) is 30.7 Å². The van der Waals surface area contributed by atoms with Gasteiger partial charge in [0, 0.05) is 19.6 Å². The van der Waals surface area contributed by atoms with Gasteiger partial charge in [0.05, 0.1) is 19.3 Å². The number of aliphatic hydroxyl groups excluding tert-OH is 1. The number of β-amino-alcohol motifs (C(OH)–C–C–N with tert-alkyl or cyclic N) is 1. The first-order valence-electron chi connectivity index (χ1n) is 8.81. The summed E-state index contributed by atoms with van der Waals surface area (Å²) in [7, 11) is 0. The van der Waals surface area contributed by atoms with E-state index in [1.165, 1.54) is 24.3 Å². The van der Waals surface area contributed by atoms with Gasteiger partial charge in [-0.25, -0.2) is 8.78 Å². The van der Waals surface area contributed by atoms with Gasteiger partial charge in [0.1, 0.15) is 17.7 Å². The van der Waals surface area contributed by atoms with Gasteiger partial charge in [-0.15, -0.1) is 0 Å². The van der Waals surface area contributed by atoms with Crippen molar-refractivity contribution in [2.75, 3.05) is 32.8 Å². The predicted octanol–water partition coefficient (Wildman–Crippen LogP) is 1.86. The maximum absolute atomic E-state index is 13.2. The summed E-state index contributed by atoms with van der Waals surface area (Å²) in [4.78, 5) is 13.3. The number of nitrogens with zero attached hydrogens (tertiary/aromatic N) is 1. The fraction of sp³-hybridized carbons (Fsp3) is 0.350. The molecule has 2 N–H and O–H groups in total. The predicted molar refractivity (Wildman–Crippen MR) is 96.1 cm³/mol. The number of piperazine rings is 1. The van der Waals surface area contributed by atoms with Crippen molar-refractivity contribution in [3.63, 3.8) is 0 Å². The molecule has 1 amide bonds. The first kappa shape index (κ1) is 19.4. The van der Waals surface area contributed by atoms with E-state index in [2.05, 4.69) is 5.32 Å². The Hall–Kier alpha value is -2.35. The van der Waals surface area contributed by atoms with E-state index in [0.717, 1.165) is 0 Å². The molecule has 0 aliphatic carbocycles. The van der Waals surface area contributed by atoms with Crippen LogP contribution < -0.4 is 5.32 Å². The Morgan fingerprint density at radius 2 is 1.59 bits per heavy atom. The number of nitrogens with one attached hydrogen (secondary N) is 1. The van der Waals surface area contributed by atoms with Crippen molar-refractivity contribution in [2.45, 2.75) is 12.2 Å². The van der Waals surface area contributed by atoms with Crippen molar-refractivity contribution in [3.8, 4) is 0 Å². The van der Waals surface area contributed by atoms with Crippen molar-refractivity contribution in [1.82, 2.24) is 10.2 Å². The molecule has 0 aromatic heterocycles. The Balaban J connectivity index is 1.66. The molecule has 0 bridgehead atoms. The van der Waals surface area contributed by atoms with Crippen LogP contribution in [0.4, 0.5) is 8.78 Å². The minimum Gasteiger partial charge on any atom is -0.389 e. The molecule has 5 nitrogen and oxygen atoms in total. The lowest BCUT2D eigenvalue weighted by atomic mass is 10.0. The number of aliphatic hydroxyl groups is 1. The number of carbonyl (C=O) groups is 1. The van der Waals surface area contributed by atoms with Crippen LogP contribution in [-0.4, -0.2) is 54.8 Å². The van der Waals surface area contributed by atoms with E-state index in [4.69, 9.17) is 4.74 Å². The number of hydrogen-bond donors (Lipinski definition) is 2. The Morgan fingerprint density at radius 3 is 2.11 bits per heavy atom. The van der Waals surface area contributed by atoms with Gasteiger partial charge in [-0.1, -0.05) is 24.3 Å². The Labute approximate surface area is 156 Å². The monoisotopic (exact) mass is 376 g/mol. The quantitative estimate of drug-likeness (QED) is 0.775. The fourth-order valence-electron chi connectivity index (χ4n) is 3.07. The minimum atomic E-state index is -0.792. The number of benzene rings is 2. The number of ether oxygens (including phenoxy) is 1. The fourth-order valence-corrected chi connectivity index (χ4v) is 3.07. The first-order valence-corrected chi connectivity index (χ1v) is 8.81. The molecular formula is C20H22F2N2O3. The van der Waals surface area contributed by atoms with E-state index < -0.39 is 12.2 Å². The molecule has 0 spiro atoms. The molecule has 0 saturated carbocycles. The van der Waals surface area contributed by atoms with E-state index in [1.807, 2.05) is 4.90 Å². The molecule has 2 aromatic carbocycles. The van der Waals surface area contributed by atoms with Crippen LogP contribution in [0.5, 0.6) is 0 Å². The molecule has 1 saturated heterocycles. The first-order chi connectivity index (χ1) is 13.0. The molecule has 0 radical (unpaired) electrons. The third-order valence-corrected chi connectivity index (χ3v) is 4.39. The average molecular weight is 376 g/mol. The SMILES string of the molecule is O=C1CN(CC(O)COC(c2ccc(F)cc2)c2ccc(F)cc2)CCN1. The van der Waals surface area contributed by atoms with Crippen LogP contribution in [0.1, 0.15) is 17.2 Å². The van der Waals surface area contributed by atoms with Gasteiger partial charge in [0.25, 0.3) is 0 Å². The molecule has 1 atom stereocenters. The summed E-state index contributed by atoms with van der Waals surface area (Å²) in [6, 6.07) is 11.7. The Morgan fingerprint density at radius 1 is 1.04 bits per heavy atom. The Bertz CT molecular complexity index is 707. The molecule has 27 heavy (non-hydrogen) atoms. The van der Waals surface area contributed by atoms with Crippen LogP contribution in [0, 0.1) is 11.6 Å². The lowest BCUT2D eigenvalue weighted by Crippen LogP contribution is -2.50. The summed E-state index contributed by atoms with van der Waals surface area (Å²) in [6.45, 7) is 1.81. The number of halogens is 2. The van der Waals surface area contributed by atoms with Crippen LogP contribution in [0.15, 0.2) is 48.5 Å². The molecule has 1 heterocycles. The highest BCUT2D eigenvalue weighted by Gasteiger charge is 2.21. The third kappa shape index (κ3) is 5.56. The maximum Gasteiger partial charge on any atom is 0.234 e. The number of rotatable bonds is 7. The minimum absolute atomic E-state index is 0.0253.